The van der Waals surface area contributed by atoms with Crippen LogP contribution < -0.4 is 0 Å². The molecule has 0 aromatic heterocycles. The van der Waals surface area contributed by atoms with Crippen LogP contribution in [0.4, 0.5) is 0 Å². The van der Waals surface area contributed by atoms with Crippen LogP contribution in [0.25, 0.3) is 6.08 Å². The van der Waals surface area contributed by atoms with Crippen LogP contribution in [-0.4, -0.2) is 21.2 Å². The summed E-state index contributed by atoms with van der Waals surface area (Å²) in [5, 5.41) is 0. The largest absolute Gasteiger partial charge is 0.290 e. The van der Waals surface area contributed by atoms with E-state index in [0.29, 0.717) is 10.4 Å². The lowest BCUT2D eigenvalue weighted by atomic mass is 10.1. The number of thiocarbonyl (C=S) groups is 1. The number of carbonyl (C=O) groups is 1. The fourth-order valence-corrected chi connectivity index (χ4v) is 3.34. The van der Waals surface area contributed by atoms with Crippen molar-refractivity contribution in [2.75, 3.05) is 0 Å². The molecule has 1 saturated heterocycles. The van der Waals surface area contributed by atoms with Gasteiger partial charge in [-0.3, -0.25) is 9.69 Å². The maximum Gasteiger partial charge on any atom is 0.266 e. The van der Waals surface area contributed by atoms with Crippen LogP contribution in [0.15, 0.2) is 29.2 Å². The smallest absolute Gasteiger partial charge is 0.266 e. The predicted octanol–water partition coefficient (Wildman–Crippen LogP) is 3.36. The summed E-state index contributed by atoms with van der Waals surface area (Å²) in [5.74, 6) is 0.0769. The Labute approximate surface area is 116 Å². The van der Waals surface area contributed by atoms with E-state index in [0.717, 1.165) is 23.3 Å². The summed E-state index contributed by atoms with van der Waals surface area (Å²) >= 11 is 6.69. The van der Waals surface area contributed by atoms with E-state index in [1.807, 2.05) is 30.3 Å². The maximum absolute atomic E-state index is 12.2. The van der Waals surface area contributed by atoms with E-state index in [9.17, 15) is 4.79 Å². The van der Waals surface area contributed by atoms with Crippen LogP contribution >= 0.6 is 24.0 Å². The lowest BCUT2D eigenvalue weighted by molar-refractivity contribution is -0.122. The number of thioether (sulfide) groups is 1. The third kappa shape index (κ3) is 2.22. The SMILES string of the molecule is Cc1ccc(/C=C2/SC(=S)N(C3CC3)C2=O)cc1. The Morgan fingerprint density at radius 1 is 1.33 bits per heavy atom. The molecular weight excluding hydrogens is 262 g/mol. The highest BCUT2D eigenvalue weighted by Crippen LogP contribution is 2.39. The van der Waals surface area contributed by atoms with Crippen LogP contribution in [0, 0.1) is 6.92 Å². The van der Waals surface area contributed by atoms with Gasteiger partial charge in [-0.15, -0.1) is 0 Å². The van der Waals surface area contributed by atoms with Gasteiger partial charge in [0, 0.05) is 6.04 Å². The van der Waals surface area contributed by atoms with E-state index < -0.39 is 0 Å². The molecule has 1 amide bonds. The molecule has 18 heavy (non-hydrogen) atoms. The number of rotatable bonds is 2. The van der Waals surface area contributed by atoms with E-state index in [2.05, 4.69) is 6.92 Å². The normalized spacial score (nSPS) is 22.1. The van der Waals surface area contributed by atoms with Crippen molar-refractivity contribution in [3.8, 4) is 0 Å². The van der Waals surface area contributed by atoms with Crippen molar-refractivity contribution in [2.24, 2.45) is 0 Å². The monoisotopic (exact) mass is 275 g/mol. The molecule has 0 radical (unpaired) electrons. The Morgan fingerprint density at radius 2 is 2.00 bits per heavy atom. The molecule has 0 bridgehead atoms. The number of benzene rings is 1. The number of nitrogens with zero attached hydrogens (tertiary/aromatic N) is 1. The van der Waals surface area contributed by atoms with Gasteiger partial charge in [-0.05, 0) is 31.4 Å². The zero-order valence-electron chi connectivity index (χ0n) is 10.1. The van der Waals surface area contributed by atoms with Gasteiger partial charge in [0.1, 0.15) is 4.32 Å². The summed E-state index contributed by atoms with van der Waals surface area (Å²) in [6, 6.07) is 8.51. The number of amides is 1. The van der Waals surface area contributed by atoms with E-state index >= 15 is 0 Å². The first kappa shape index (κ1) is 11.9. The molecule has 1 aromatic carbocycles. The van der Waals surface area contributed by atoms with E-state index in [4.69, 9.17) is 12.2 Å². The summed E-state index contributed by atoms with van der Waals surface area (Å²) in [6.45, 7) is 2.05. The van der Waals surface area contributed by atoms with Crippen molar-refractivity contribution in [2.45, 2.75) is 25.8 Å². The Morgan fingerprint density at radius 3 is 2.61 bits per heavy atom. The quantitative estimate of drug-likeness (QED) is 0.610. The van der Waals surface area contributed by atoms with Crippen molar-refractivity contribution >= 4 is 40.3 Å². The molecule has 0 unspecified atom stereocenters. The molecule has 0 N–H and O–H groups in total. The van der Waals surface area contributed by atoms with Crippen LogP contribution in [0.1, 0.15) is 24.0 Å². The molecule has 92 valence electrons. The van der Waals surface area contributed by atoms with E-state index in [1.54, 1.807) is 4.90 Å². The number of aryl methyl sites for hydroxylation is 1. The molecule has 0 spiro atoms. The predicted molar refractivity (Wildman–Crippen MR) is 79.2 cm³/mol. The van der Waals surface area contributed by atoms with Crippen molar-refractivity contribution in [3.05, 3.63) is 40.3 Å². The molecule has 2 nitrogen and oxygen atoms in total. The van der Waals surface area contributed by atoms with Gasteiger partial charge in [0.2, 0.25) is 0 Å². The first-order valence-corrected chi connectivity index (χ1v) is 7.21. The molecular formula is C14H13NOS2. The van der Waals surface area contributed by atoms with E-state index in [-0.39, 0.29) is 5.91 Å². The van der Waals surface area contributed by atoms with Crippen LogP contribution in [-0.2, 0) is 4.79 Å². The van der Waals surface area contributed by atoms with Gasteiger partial charge in [0.05, 0.1) is 4.91 Å². The Balaban J connectivity index is 1.86. The molecule has 0 atom stereocenters. The van der Waals surface area contributed by atoms with Gasteiger partial charge in [-0.1, -0.05) is 53.8 Å². The second-order valence-electron chi connectivity index (χ2n) is 4.69. The van der Waals surface area contributed by atoms with Gasteiger partial charge in [-0.2, -0.15) is 0 Å². The Bertz CT molecular complexity index is 543. The van der Waals surface area contributed by atoms with Gasteiger partial charge in [-0.25, -0.2) is 0 Å². The number of carbonyl (C=O) groups excluding carboxylic acids is 1. The lowest BCUT2D eigenvalue weighted by Gasteiger charge is -2.11. The topological polar surface area (TPSA) is 20.3 Å². The average Bonchev–Trinajstić information content (AvgIpc) is 3.12. The summed E-state index contributed by atoms with van der Waals surface area (Å²) < 4.78 is 0.709. The summed E-state index contributed by atoms with van der Waals surface area (Å²) in [5.41, 5.74) is 2.27. The fourth-order valence-electron chi connectivity index (χ4n) is 1.94. The molecule has 1 aliphatic carbocycles. The third-order valence-electron chi connectivity index (χ3n) is 3.11. The van der Waals surface area contributed by atoms with Gasteiger partial charge < -0.3 is 0 Å². The van der Waals surface area contributed by atoms with Gasteiger partial charge >= 0.3 is 0 Å². The first-order valence-electron chi connectivity index (χ1n) is 5.99. The first-order chi connectivity index (χ1) is 8.65. The highest BCUT2D eigenvalue weighted by Gasteiger charge is 2.41. The molecule has 1 heterocycles. The molecule has 1 saturated carbocycles. The highest BCUT2D eigenvalue weighted by atomic mass is 32.2. The van der Waals surface area contributed by atoms with Crippen LogP contribution in [0.3, 0.4) is 0 Å². The second-order valence-corrected chi connectivity index (χ2v) is 6.37. The zero-order valence-corrected chi connectivity index (χ0v) is 11.7. The van der Waals surface area contributed by atoms with Crippen molar-refractivity contribution in [1.29, 1.82) is 0 Å². The van der Waals surface area contributed by atoms with Crippen LogP contribution in [0.5, 0.6) is 0 Å². The Kier molecular flexibility index (Phi) is 2.99. The van der Waals surface area contributed by atoms with Gasteiger partial charge in [0.15, 0.2) is 0 Å². The molecule has 2 fully saturated rings. The minimum absolute atomic E-state index is 0.0769. The minimum Gasteiger partial charge on any atom is -0.290 e. The molecule has 1 aliphatic heterocycles. The molecule has 3 rings (SSSR count). The minimum atomic E-state index is 0.0769. The Hall–Kier alpha value is -1.13. The summed E-state index contributed by atoms with van der Waals surface area (Å²) in [7, 11) is 0. The van der Waals surface area contributed by atoms with Crippen molar-refractivity contribution in [3.63, 3.8) is 0 Å². The molecule has 2 aliphatic rings. The highest BCUT2D eigenvalue weighted by molar-refractivity contribution is 8.26. The zero-order chi connectivity index (χ0) is 12.7. The average molecular weight is 275 g/mol. The number of hydrogen-bond donors (Lipinski definition) is 0. The molecule has 4 heteroatoms. The van der Waals surface area contributed by atoms with Crippen LogP contribution in [0.2, 0.25) is 0 Å². The standard InChI is InChI=1S/C14H13NOS2/c1-9-2-4-10(5-3-9)8-12-13(16)15(11-6-7-11)14(17)18-12/h2-5,8,11H,6-7H2,1H3/b12-8+. The van der Waals surface area contributed by atoms with E-state index in [1.165, 1.54) is 17.3 Å². The van der Waals surface area contributed by atoms with Gasteiger partial charge in [0.25, 0.3) is 5.91 Å². The lowest BCUT2D eigenvalue weighted by Crippen LogP contribution is -2.30. The summed E-state index contributed by atoms with van der Waals surface area (Å²) in [6.07, 6.45) is 4.11. The maximum atomic E-state index is 12.2. The second kappa shape index (κ2) is 4.52. The van der Waals surface area contributed by atoms with Crippen molar-refractivity contribution < 1.29 is 4.79 Å². The third-order valence-corrected chi connectivity index (χ3v) is 4.44. The number of hydrogen-bond acceptors (Lipinski definition) is 3. The van der Waals surface area contributed by atoms with Crippen molar-refractivity contribution in [1.82, 2.24) is 4.90 Å². The summed E-state index contributed by atoms with van der Waals surface area (Å²) in [4.78, 5) is 14.7. The fraction of sp³-hybridized carbons (Fsp3) is 0.286. The molecule has 1 aromatic rings.